The number of aryl methyl sites for hydroxylation is 1. The van der Waals surface area contributed by atoms with Crippen LogP contribution in [0.3, 0.4) is 0 Å². The fourth-order valence-corrected chi connectivity index (χ4v) is 4.94. The number of hydrogen-bond donors (Lipinski definition) is 2. The predicted octanol–water partition coefficient (Wildman–Crippen LogP) is 3.70. The highest BCUT2D eigenvalue weighted by Gasteiger charge is 2.31. The predicted molar refractivity (Wildman–Crippen MR) is 141 cm³/mol. The average Bonchev–Trinajstić information content (AvgIpc) is 3.38. The SMILES string of the molecule is CCNC(=NCCn1c(C)nc2ccccc21)NC1CCN(C(=O)C2CCCCC2)C1.I. The van der Waals surface area contributed by atoms with Gasteiger partial charge in [0.25, 0.3) is 0 Å². The molecule has 2 fully saturated rings. The molecule has 1 saturated heterocycles. The number of rotatable bonds is 6. The van der Waals surface area contributed by atoms with Crippen LogP contribution in [0.15, 0.2) is 29.3 Å². The maximum atomic E-state index is 12.8. The van der Waals surface area contributed by atoms with Gasteiger partial charge in [0.1, 0.15) is 5.82 Å². The maximum Gasteiger partial charge on any atom is 0.225 e. The summed E-state index contributed by atoms with van der Waals surface area (Å²) in [6.45, 7) is 8.05. The monoisotopic (exact) mass is 552 g/mol. The summed E-state index contributed by atoms with van der Waals surface area (Å²) in [5.41, 5.74) is 2.18. The van der Waals surface area contributed by atoms with Gasteiger partial charge in [0.2, 0.25) is 5.91 Å². The molecule has 1 amide bonds. The third-order valence-corrected chi connectivity index (χ3v) is 6.58. The van der Waals surface area contributed by atoms with Crippen LogP contribution in [0.25, 0.3) is 11.0 Å². The second kappa shape index (κ2) is 11.9. The van der Waals surface area contributed by atoms with Crippen LogP contribution in [0.4, 0.5) is 0 Å². The first-order valence-corrected chi connectivity index (χ1v) is 11.9. The molecular formula is C24H37IN6O. The Kier molecular flexibility index (Phi) is 9.19. The lowest BCUT2D eigenvalue weighted by Crippen LogP contribution is -2.45. The molecule has 2 heterocycles. The van der Waals surface area contributed by atoms with E-state index in [1.54, 1.807) is 0 Å². The molecule has 0 spiro atoms. The van der Waals surface area contributed by atoms with E-state index in [0.717, 1.165) is 68.3 Å². The second-order valence-electron chi connectivity index (χ2n) is 8.81. The van der Waals surface area contributed by atoms with E-state index in [1.165, 1.54) is 19.3 Å². The molecule has 0 radical (unpaired) electrons. The molecular weight excluding hydrogens is 515 g/mol. The number of aliphatic imine (C=N–C) groups is 1. The molecule has 2 aliphatic rings. The summed E-state index contributed by atoms with van der Waals surface area (Å²) in [4.78, 5) is 24.4. The van der Waals surface area contributed by atoms with Gasteiger partial charge in [0.05, 0.1) is 17.6 Å². The number of hydrogen-bond acceptors (Lipinski definition) is 3. The molecule has 2 N–H and O–H groups in total. The summed E-state index contributed by atoms with van der Waals surface area (Å²) in [7, 11) is 0. The van der Waals surface area contributed by atoms with Crippen LogP contribution in [-0.2, 0) is 11.3 Å². The Morgan fingerprint density at radius 3 is 2.75 bits per heavy atom. The summed E-state index contributed by atoms with van der Waals surface area (Å²) < 4.78 is 2.22. The highest BCUT2D eigenvalue weighted by Crippen LogP contribution is 2.26. The summed E-state index contributed by atoms with van der Waals surface area (Å²) in [6, 6.07) is 8.50. The number of likely N-dealkylation sites (tertiary alicyclic amines) is 1. The minimum Gasteiger partial charge on any atom is -0.357 e. The second-order valence-corrected chi connectivity index (χ2v) is 8.81. The van der Waals surface area contributed by atoms with Gasteiger partial charge in [-0.25, -0.2) is 4.98 Å². The van der Waals surface area contributed by atoms with Crippen LogP contribution in [0.1, 0.15) is 51.3 Å². The number of aromatic nitrogens is 2. The zero-order valence-corrected chi connectivity index (χ0v) is 21.7. The summed E-state index contributed by atoms with van der Waals surface area (Å²) >= 11 is 0. The molecule has 1 unspecified atom stereocenters. The number of amides is 1. The number of guanidine groups is 1. The van der Waals surface area contributed by atoms with E-state index in [9.17, 15) is 4.79 Å². The van der Waals surface area contributed by atoms with Crippen molar-refractivity contribution < 1.29 is 4.79 Å². The Hall–Kier alpha value is -1.84. The first kappa shape index (κ1) is 24.8. The van der Waals surface area contributed by atoms with Crippen molar-refractivity contribution in [2.24, 2.45) is 10.9 Å². The van der Waals surface area contributed by atoms with Crippen molar-refractivity contribution in [2.45, 2.75) is 65.0 Å². The largest absolute Gasteiger partial charge is 0.357 e. The minimum atomic E-state index is 0. The first-order chi connectivity index (χ1) is 15.2. The Morgan fingerprint density at radius 1 is 1.19 bits per heavy atom. The van der Waals surface area contributed by atoms with Crippen molar-refractivity contribution in [3.05, 3.63) is 30.1 Å². The molecule has 176 valence electrons. The number of carbonyl (C=O) groups excluding carboxylic acids is 1. The number of nitrogens with zero attached hydrogens (tertiary/aromatic N) is 4. The zero-order chi connectivity index (χ0) is 21.6. The molecule has 1 aromatic carbocycles. The van der Waals surface area contributed by atoms with Gasteiger partial charge >= 0.3 is 0 Å². The van der Waals surface area contributed by atoms with Crippen LogP contribution < -0.4 is 10.6 Å². The quantitative estimate of drug-likeness (QED) is 0.326. The molecule has 1 aromatic heterocycles. The normalized spacial score (nSPS) is 19.8. The lowest BCUT2D eigenvalue weighted by molar-refractivity contribution is -0.135. The van der Waals surface area contributed by atoms with Crippen molar-refractivity contribution in [1.29, 1.82) is 0 Å². The Balaban J connectivity index is 0.00000289. The van der Waals surface area contributed by atoms with E-state index in [1.807, 2.05) is 19.1 Å². The van der Waals surface area contributed by atoms with Crippen molar-refractivity contribution in [3.8, 4) is 0 Å². The lowest BCUT2D eigenvalue weighted by atomic mass is 9.88. The van der Waals surface area contributed by atoms with Gasteiger partial charge in [-0.15, -0.1) is 24.0 Å². The van der Waals surface area contributed by atoms with Gasteiger partial charge in [-0.2, -0.15) is 0 Å². The van der Waals surface area contributed by atoms with E-state index in [-0.39, 0.29) is 35.9 Å². The van der Waals surface area contributed by atoms with Gasteiger partial charge < -0.3 is 20.1 Å². The number of imidazole rings is 1. The Morgan fingerprint density at radius 2 is 1.97 bits per heavy atom. The van der Waals surface area contributed by atoms with Gasteiger partial charge in [-0.1, -0.05) is 31.4 Å². The lowest BCUT2D eigenvalue weighted by Gasteiger charge is -2.26. The van der Waals surface area contributed by atoms with Crippen LogP contribution in [-0.4, -0.2) is 58.5 Å². The summed E-state index contributed by atoms with van der Waals surface area (Å²) in [5, 5.41) is 6.92. The van der Waals surface area contributed by atoms with Crippen LogP contribution in [0, 0.1) is 12.8 Å². The van der Waals surface area contributed by atoms with E-state index in [0.29, 0.717) is 12.5 Å². The van der Waals surface area contributed by atoms with Crippen LogP contribution in [0.5, 0.6) is 0 Å². The third kappa shape index (κ3) is 5.94. The number of fused-ring (bicyclic) bond motifs is 1. The minimum absolute atomic E-state index is 0. The molecule has 1 aliphatic heterocycles. The first-order valence-electron chi connectivity index (χ1n) is 11.9. The van der Waals surface area contributed by atoms with Gasteiger partial charge in [0.15, 0.2) is 5.96 Å². The topological polar surface area (TPSA) is 74.6 Å². The van der Waals surface area contributed by atoms with E-state index >= 15 is 0 Å². The Labute approximate surface area is 208 Å². The standard InChI is InChI=1S/C24H36N6O.HI/c1-3-25-24(26-14-16-30-18(2)27-21-11-7-8-12-22(21)30)28-20-13-15-29(17-20)23(31)19-9-5-4-6-10-19;/h7-8,11-12,19-20H,3-6,9-10,13-17H2,1-2H3,(H2,25,26,28);1H. The van der Waals surface area contributed by atoms with Crippen molar-refractivity contribution in [1.82, 2.24) is 25.1 Å². The third-order valence-electron chi connectivity index (χ3n) is 6.58. The molecule has 1 aliphatic carbocycles. The highest BCUT2D eigenvalue weighted by molar-refractivity contribution is 14.0. The van der Waals surface area contributed by atoms with Crippen molar-refractivity contribution in [3.63, 3.8) is 0 Å². The number of nitrogens with one attached hydrogen (secondary N) is 2. The fourth-order valence-electron chi connectivity index (χ4n) is 4.94. The highest BCUT2D eigenvalue weighted by atomic mass is 127. The average molecular weight is 553 g/mol. The smallest absolute Gasteiger partial charge is 0.225 e. The number of carbonyl (C=O) groups is 1. The maximum absolute atomic E-state index is 12.8. The Bertz CT molecular complexity index is 920. The number of para-hydroxylation sites is 2. The van der Waals surface area contributed by atoms with Crippen molar-refractivity contribution in [2.75, 3.05) is 26.2 Å². The number of benzene rings is 1. The molecule has 1 atom stereocenters. The van der Waals surface area contributed by atoms with Gasteiger partial charge in [-0.05, 0) is 45.2 Å². The fraction of sp³-hybridized carbons (Fsp3) is 0.625. The van der Waals surface area contributed by atoms with Gasteiger partial charge in [-0.3, -0.25) is 9.79 Å². The number of halogens is 1. The van der Waals surface area contributed by atoms with E-state index in [2.05, 4.69) is 44.1 Å². The summed E-state index contributed by atoms with van der Waals surface area (Å²) in [6.07, 6.45) is 6.81. The van der Waals surface area contributed by atoms with Crippen LogP contribution >= 0.6 is 24.0 Å². The molecule has 2 aromatic rings. The molecule has 4 rings (SSSR count). The van der Waals surface area contributed by atoms with Crippen molar-refractivity contribution >= 4 is 46.9 Å². The summed E-state index contributed by atoms with van der Waals surface area (Å²) in [5.74, 6) is 2.47. The molecule has 1 saturated carbocycles. The molecule has 0 bridgehead atoms. The van der Waals surface area contributed by atoms with Crippen LogP contribution in [0.2, 0.25) is 0 Å². The van der Waals surface area contributed by atoms with E-state index < -0.39 is 0 Å². The molecule has 7 nitrogen and oxygen atoms in total. The van der Waals surface area contributed by atoms with E-state index in [4.69, 9.17) is 4.99 Å². The van der Waals surface area contributed by atoms with Gasteiger partial charge in [0, 0.05) is 38.1 Å². The molecule has 8 heteroatoms. The zero-order valence-electron chi connectivity index (χ0n) is 19.3. The molecule has 32 heavy (non-hydrogen) atoms.